The van der Waals surface area contributed by atoms with Crippen molar-refractivity contribution in [2.75, 3.05) is 11.1 Å². The summed E-state index contributed by atoms with van der Waals surface area (Å²) < 4.78 is 0.767. The quantitative estimate of drug-likeness (QED) is 0.533. The molecule has 0 fully saturated rings. The summed E-state index contributed by atoms with van der Waals surface area (Å²) in [5.74, 6) is 0.303. The fourth-order valence-corrected chi connectivity index (χ4v) is 4.08. The van der Waals surface area contributed by atoms with Gasteiger partial charge in [-0.05, 0) is 36.6 Å². The van der Waals surface area contributed by atoms with Gasteiger partial charge in [0, 0.05) is 5.69 Å². The largest absolute Gasteiger partial charge is 0.349 e. The van der Waals surface area contributed by atoms with Gasteiger partial charge >= 0.3 is 0 Å². The molecule has 140 valence electrons. The zero-order valence-corrected chi connectivity index (χ0v) is 16.9. The molecule has 1 amide bonds. The number of aryl methyl sites for hydroxylation is 1. The van der Waals surface area contributed by atoms with Crippen molar-refractivity contribution in [2.45, 2.75) is 30.6 Å². The zero-order valence-electron chi connectivity index (χ0n) is 15.3. The van der Waals surface area contributed by atoms with Gasteiger partial charge in [-0.2, -0.15) is 0 Å². The van der Waals surface area contributed by atoms with E-state index in [9.17, 15) is 4.79 Å². The number of rotatable bonds is 8. The molecule has 1 atom stereocenters. The number of para-hydroxylation sites is 1. The second-order valence-corrected chi connectivity index (χ2v) is 8.24. The summed E-state index contributed by atoms with van der Waals surface area (Å²) in [5.41, 5.74) is 3.37. The second-order valence-electron chi connectivity index (χ2n) is 6.04. The van der Waals surface area contributed by atoms with Crippen LogP contribution in [0.3, 0.4) is 0 Å². The average Bonchev–Trinajstić information content (AvgIpc) is 3.14. The molecule has 0 spiro atoms. The molecule has 0 saturated heterocycles. The highest BCUT2D eigenvalue weighted by Crippen LogP contribution is 2.27. The third-order valence-corrected chi connectivity index (χ3v) is 6.00. The molecule has 0 saturated carbocycles. The van der Waals surface area contributed by atoms with Gasteiger partial charge in [-0.3, -0.25) is 4.79 Å². The third kappa shape index (κ3) is 5.80. The van der Waals surface area contributed by atoms with E-state index in [1.807, 2.05) is 37.3 Å². The first-order valence-corrected chi connectivity index (χ1v) is 10.6. The first-order chi connectivity index (χ1) is 13.1. The van der Waals surface area contributed by atoms with Crippen molar-refractivity contribution in [1.82, 2.24) is 15.5 Å². The van der Waals surface area contributed by atoms with Gasteiger partial charge in [0.25, 0.3) is 0 Å². The van der Waals surface area contributed by atoms with Crippen LogP contribution in [-0.2, 0) is 11.2 Å². The third-order valence-electron chi connectivity index (χ3n) is 4.02. The Hall–Kier alpha value is -2.38. The van der Waals surface area contributed by atoms with Crippen LogP contribution in [0.25, 0.3) is 0 Å². The molecular formula is C20H22N4OS2. The van der Waals surface area contributed by atoms with Crippen molar-refractivity contribution in [3.8, 4) is 0 Å². The van der Waals surface area contributed by atoms with Gasteiger partial charge in [0.15, 0.2) is 4.34 Å². The van der Waals surface area contributed by atoms with Crippen LogP contribution in [-0.4, -0.2) is 21.9 Å². The average molecular weight is 399 g/mol. The molecule has 2 N–H and O–H groups in total. The van der Waals surface area contributed by atoms with Crippen LogP contribution in [0, 0.1) is 0 Å². The molecule has 2 aromatic carbocycles. The second kappa shape index (κ2) is 9.53. The molecule has 0 aliphatic rings. The summed E-state index contributed by atoms with van der Waals surface area (Å²) in [6.07, 6.45) is 1.01. The minimum absolute atomic E-state index is 0.0140. The van der Waals surface area contributed by atoms with Gasteiger partial charge < -0.3 is 10.6 Å². The van der Waals surface area contributed by atoms with Crippen LogP contribution in [0.1, 0.15) is 31.0 Å². The number of hydrogen-bond donors (Lipinski definition) is 2. The number of nitrogens with zero attached hydrogens (tertiary/aromatic N) is 2. The Morgan fingerprint density at radius 1 is 1.11 bits per heavy atom. The van der Waals surface area contributed by atoms with E-state index in [0.717, 1.165) is 22.0 Å². The molecule has 0 aliphatic carbocycles. The summed E-state index contributed by atoms with van der Waals surface area (Å²) in [7, 11) is 0. The van der Waals surface area contributed by atoms with E-state index in [2.05, 4.69) is 52.0 Å². The zero-order chi connectivity index (χ0) is 19.1. The Balaban J connectivity index is 1.47. The first-order valence-electron chi connectivity index (χ1n) is 8.80. The van der Waals surface area contributed by atoms with Gasteiger partial charge in [0.1, 0.15) is 0 Å². The molecular weight excluding hydrogens is 376 g/mol. The standard InChI is InChI=1S/C20H22N4OS2/c1-3-15-9-11-16(12-10-15)14(2)21-18(25)13-26-20-24-23-19(27-20)22-17-7-5-4-6-8-17/h4-12,14H,3,13H2,1-2H3,(H,21,25)(H,22,23). The molecule has 1 unspecified atom stereocenters. The Bertz CT molecular complexity index is 865. The number of anilines is 2. The van der Waals surface area contributed by atoms with Crippen molar-refractivity contribution < 1.29 is 4.79 Å². The molecule has 7 heteroatoms. The predicted octanol–water partition coefficient (Wildman–Crippen LogP) is 4.81. The van der Waals surface area contributed by atoms with Crippen molar-refractivity contribution in [2.24, 2.45) is 0 Å². The fraction of sp³-hybridized carbons (Fsp3) is 0.250. The number of nitrogens with one attached hydrogen (secondary N) is 2. The molecule has 27 heavy (non-hydrogen) atoms. The lowest BCUT2D eigenvalue weighted by Gasteiger charge is -2.14. The van der Waals surface area contributed by atoms with Crippen LogP contribution >= 0.6 is 23.1 Å². The minimum Gasteiger partial charge on any atom is -0.349 e. The van der Waals surface area contributed by atoms with Crippen molar-refractivity contribution in [1.29, 1.82) is 0 Å². The number of thioether (sulfide) groups is 1. The number of carbonyl (C=O) groups is 1. The molecule has 3 rings (SSSR count). The summed E-state index contributed by atoms with van der Waals surface area (Å²) in [5, 5.41) is 15.2. The Morgan fingerprint density at radius 2 is 1.85 bits per heavy atom. The monoisotopic (exact) mass is 398 g/mol. The highest BCUT2D eigenvalue weighted by molar-refractivity contribution is 8.01. The maximum Gasteiger partial charge on any atom is 0.230 e. The summed E-state index contributed by atoms with van der Waals surface area (Å²) in [6.45, 7) is 4.13. The lowest BCUT2D eigenvalue weighted by atomic mass is 10.1. The van der Waals surface area contributed by atoms with E-state index in [4.69, 9.17) is 0 Å². The van der Waals surface area contributed by atoms with E-state index < -0.39 is 0 Å². The molecule has 0 radical (unpaired) electrons. The lowest BCUT2D eigenvalue weighted by Crippen LogP contribution is -2.28. The van der Waals surface area contributed by atoms with E-state index >= 15 is 0 Å². The van der Waals surface area contributed by atoms with Crippen LogP contribution in [0.15, 0.2) is 58.9 Å². The van der Waals surface area contributed by atoms with Crippen LogP contribution in [0.4, 0.5) is 10.8 Å². The molecule has 1 heterocycles. The molecule has 0 bridgehead atoms. The van der Waals surface area contributed by atoms with E-state index in [-0.39, 0.29) is 11.9 Å². The summed E-state index contributed by atoms with van der Waals surface area (Å²) in [4.78, 5) is 12.2. The summed E-state index contributed by atoms with van der Waals surface area (Å²) in [6, 6.07) is 18.2. The van der Waals surface area contributed by atoms with Gasteiger partial charge in [0.05, 0.1) is 11.8 Å². The topological polar surface area (TPSA) is 66.9 Å². The maximum atomic E-state index is 12.2. The molecule has 0 aliphatic heterocycles. The Labute approximate surface area is 167 Å². The fourth-order valence-electron chi connectivity index (χ4n) is 2.50. The van der Waals surface area contributed by atoms with Gasteiger partial charge in [-0.25, -0.2) is 0 Å². The van der Waals surface area contributed by atoms with Gasteiger partial charge in [0.2, 0.25) is 11.0 Å². The minimum atomic E-state index is -0.0197. The smallest absolute Gasteiger partial charge is 0.230 e. The number of carbonyl (C=O) groups excluding carboxylic acids is 1. The van der Waals surface area contributed by atoms with Crippen molar-refractivity contribution >= 4 is 39.8 Å². The molecule has 1 aromatic heterocycles. The van der Waals surface area contributed by atoms with Gasteiger partial charge in [-0.15, -0.1) is 10.2 Å². The maximum absolute atomic E-state index is 12.2. The Kier molecular flexibility index (Phi) is 6.84. The van der Waals surface area contributed by atoms with Crippen molar-refractivity contribution in [3.05, 3.63) is 65.7 Å². The van der Waals surface area contributed by atoms with Crippen molar-refractivity contribution in [3.63, 3.8) is 0 Å². The number of aromatic nitrogens is 2. The highest BCUT2D eigenvalue weighted by Gasteiger charge is 2.12. The Morgan fingerprint density at radius 3 is 2.56 bits per heavy atom. The first kappa shape index (κ1) is 19.4. The molecule has 3 aromatic rings. The number of amides is 1. The summed E-state index contributed by atoms with van der Waals surface area (Å²) >= 11 is 2.83. The molecule has 5 nitrogen and oxygen atoms in total. The lowest BCUT2D eigenvalue weighted by molar-refractivity contribution is -0.119. The number of hydrogen-bond acceptors (Lipinski definition) is 6. The number of benzene rings is 2. The SMILES string of the molecule is CCc1ccc(C(C)NC(=O)CSc2nnc(Nc3ccccc3)s2)cc1. The predicted molar refractivity (Wildman–Crippen MR) is 113 cm³/mol. The highest BCUT2D eigenvalue weighted by atomic mass is 32.2. The van der Waals surface area contributed by atoms with Crippen LogP contribution < -0.4 is 10.6 Å². The van der Waals surface area contributed by atoms with Crippen LogP contribution in [0.5, 0.6) is 0 Å². The van der Waals surface area contributed by atoms with E-state index in [1.54, 1.807) is 0 Å². The van der Waals surface area contributed by atoms with Gasteiger partial charge in [-0.1, -0.05) is 72.5 Å². The van der Waals surface area contributed by atoms with Crippen LogP contribution in [0.2, 0.25) is 0 Å². The normalized spacial score (nSPS) is 11.8. The van der Waals surface area contributed by atoms with E-state index in [0.29, 0.717) is 10.9 Å². The van der Waals surface area contributed by atoms with E-state index in [1.165, 1.54) is 28.7 Å².